The Morgan fingerprint density at radius 2 is 2.14 bits per heavy atom. The molecule has 1 aromatic heterocycles. The summed E-state index contributed by atoms with van der Waals surface area (Å²) in [5.41, 5.74) is -1.07. The summed E-state index contributed by atoms with van der Waals surface area (Å²) in [5, 5.41) is 10.2. The zero-order chi connectivity index (χ0) is 10.9. The van der Waals surface area contributed by atoms with Crippen molar-refractivity contribution in [3.05, 3.63) is 33.3 Å². The fourth-order valence-corrected chi connectivity index (χ4v) is 0.926. The van der Waals surface area contributed by atoms with Gasteiger partial charge in [-0.05, 0) is 16.8 Å². The van der Waals surface area contributed by atoms with Crippen LogP contribution in [-0.2, 0) is 0 Å². The maximum absolute atomic E-state index is 13.0. The maximum atomic E-state index is 13.0. The van der Waals surface area contributed by atoms with Gasteiger partial charge in [0.15, 0.2) is 0 Å². The van der Waals surface area contributed by atoms with Gasteiger partial charge in [0.05, 0.1) is 5.56 Å². The molecule has 0 fully saturated rings. The second-order valence-electron chi connectivity index (χ2n) is 2.53. The molecule has 0 amide bonds. The van der Waals surface area contributed by atoms with Gasteiger partial charge in [0.1, 0.15) is 6.20 Å². The highest BCUT2D eigenvalue weighted by molar-refractivity contribution is 5.34. The quantitative estimate of drug-likeness (QED) is 0.551. The summed E-state index contributed by atoms with van der Waals surface area (Å²) in [6.07, 6.45) is -2.28. The molecule has 0 N–H and O–H groups in total. The van der Waals surface area contributed by atoms with Gasteiger partial charge in [-0.1, -0.05) is 0 Å². The second kappa shape index (κ2) is 3.60. The third-order valence-electron chi connectivity index (χ3n) is 1.69. The van der Waals surface area contributed by atoms with Gasteiger partial charge in [0.25, 0.3) is 6.43 Å². The standard InChI is InChI=1S/C7H5F3N2O2/c1-3-4(6(9)10)2-11-7(5(3)8)12(13)14/h2,6H,1H3. The van der Waals surface area contributed by atoms with E-state index in [0.29, 0.717) is 6.20 Å². The van der Waals surface area contributed by atoms with Crippen LogP contribution in [0.3, 0.4) is 0 Å². The molecule has 0 spiro atoms. The van der Waals surface area contributed by atoms with E-state index in [4.69, 9.17) is 0 Å². The molecule has 1 heterocycles. The molecular formula is C7H5F3N2O2. The van der Waals surface area contributed by atoms with E-state index in [1.165, 1.54) is 0 Å². The molecule has 14 heavy (non-hydrogen) atoms. The highest BCUT2D eigenvalue weighted by atomic mass is 19.3. The van der Waals surface area contributed by atoms with Crippen molar-refractivity contribution < 1.29 is 18.1 Å². The van der Waals surface area contributed by atoms with Crippen LogP contribution in [0.15, 0.2) is 6.20 Å². The van der Waals surface area contributed by atoms with E-state index >= 15 is 0 Å². The number of hydrogen-bond donors (Lipinski definition) is 0. The Kier molecular flexibility index (Phi) is 2.68. The Morgan fingerprint density at radius 1 is 1.57 bits per heavy atom. The molecule has 4 nitrogen and oxygen atoms in total. The molecule has 1 rings (SSSR count). The van der Waals surface area contributed by atoms with Crippen molar-refractivity contribution in [3.8, 4) is 0 Å². The van der Waals surface area contributed by atoms with E-state index in [1.807, 2.05) is 0 Å². The minimum atomic E-state index is -2.89. The fourth-order valence-electron chi connectivity index (χ4n) is 0.926. The van der Waals surface area contributed by atoms with E-state index in [-0.39, 0.29) is 0 Å². The Morgan fingerprint density at radius 3 is 2.57 bits per heavy atom. The van der Waals surface area contributed by atoms with Gasteiger partial charge in [-0.2, -0.15) is 4.39 Å². The third-order valence-corrected chi connectivity index (χ3v) is 1.69. The maximum Gasteiger partial charge on any atom is 0.400 e. The van der Waals surface area contributed by atoms with Gasteiger partial charge in [-0.15, -0.1) is 0 Å². The van der Waals surface area contributed by atoms with Gasteiger partial charge in [-0.25, -0.2) is 8.78 Å². The number of nitro groups is 1. The first-order valence-electron chi connectivity index (χ1n) is 3.52. The minimum absolute atomic E-state index is 0.443. The number of alkyl halides is 2. The summed E-state index contributed by atoms with van der Waals surface area (Å²) >= 11 is 0. The van der Waals surface area contributed by atoms with Crippen LogP contribution in [0.25, 0.3) is 0 Å². The monoisotopic (exact) mass is 206 g/mol. The predicted octanol–water partition coefficient (Wildman–Crippen LogP) is 2.37. The van der Waals surface area contributed by atoms with Crippen molar-refractivity contribution in [2.24, 2.45) is 0 Å². The number of hydrogen-bond acceptors (Lipinski definition) is 3. The Labute approximate surface area is 76.5 Å². The zero-order valence-corrected chi connectivity index (χ0v) is 7.00. The number of halogens is 3. The first-order chi connectivity index (χ1) is 6.45. The van der Waals surface area contributed by atoms with Crippen molar-refractivity contribution in [3.63, 3.8) is 0 Å². The molecule has 0 aliphatic heterocycles. The summed E-state index contributed by atoms with van der Waals surface area (Å²) in [6, 6.07) is 0. The summed E-state index contributed by atoms with van der Waals surface area (Å²) < 4.78 is 37.4. The normalized spacial score (nSPS) is 10.6. The third kappa shape index (κ3) is 1.66. The van der Waals surface area contributed by atoms with E-state index in [2.05, 4.69) is 4.98 Å². The van der Waals surface area contributed by atoms with E-state index < -0.39 is 34.1 Å². The molecule has 0 radical (unpaired) electrons. The number of nitrogens with zero attached hydrogens (tertiary/aromatic N) is 2. The molecule has 0 unspecified atom stereocenters. The van der Waals surface area contributed by atoms with Crippen LogP contribution in [0.4, 0.5) is 19.0 Å². The zero-order valence-electron chi connectivity index (χ0n) is 7.00. The van der Waals surface area contributed by atoms with E-state index in [1.54, 1.807) is 0 Å². The molecule has 0 saturated carbocycles. The van der Waals surface area contributed by atoms with Gasteiger partial charge in [0.2, 0.25) is 5.82 Å². The van der Waals surface area contributed by atoms with Gasteiger partial charge in [0, 0.05) is 5.56 Å². The van der Waals surface area contributed by atoms with Gasteiger partial charge in [-0.3, -0.25) is 0 Å². The topological polar surface area (TPSA) is 56.0 Å². The number of rotatable bonds is 2. The number of pyridine rings is 1. The average Bonchev–Trinajstić information content (AvgIpc) is 2.08. The molecule has 0 aliphatic rings. The minimum Gasteiger partial charge on any atom is -0.358 e. The molecular weight excluding hydrogens is 201 g/mol. The Bertz CT molecular complexity index is 381. The van der Waals surface area contributed by atoms with E-state index in [0.717, 1.165) is 6.92 Å². The summed E-state index contributed by atoms with van der Waals surface area (Å²) in [5.74, 6) is -2.35. The van der Waals surface area contributed by atoms with Crippen molar-refractivity contribution >= 4 is 5.82 Å². The lowest BCUT2D eigenvalue weighted by Crippen LogP contribution is -2.02. The van der Waals surface area contributed by atoms with Crippen LogP contribution in [0.5, 0.6) is 0 Å². The van der Waals surface area contributed by atoms with Crippen LogP contribution in [0.1, 0.15) is 17.6 Å². The van der Waals surface area contributed by atoms with Gasteiger partial charge < -0.3 is 10.1 Å². The summed E-state index contributed by atoms with van der Waals surface area (Å²) in [7, 11) is 0. The summed E-state index contributed by atoms with van der Waals surface area (Å²) in [4.78, 5) is 12.1. The lowest BCUT2D eigenvalue weighted by atomic mass is 10.1. The largest absolute Gasteiger partial charge is 0.400 e. The summed E-state index contributed by atoms with van der Waals surface area (Å²) in [6.45, 7) is 1.05. The van der Waals surface area contributed by atoms with Crippen molar-refractivity contribution in [1.82, 2.24) is 4.98 Å². The van der Waals surface area contributed by atoms with Crippen LogP contribution in [0.2, 0.25) is 0 Å². The molecule has 0 saturated heterocycles. The molecule has 0 aliphatic carbocycles. The van der Waals surface area contributed by atoms with E-state index in [9.17, 15) is 23.3 Å². The second-order valence-corrected chi connectivity index (χ2v) is 2.53. The Hall–Kier alpha value is -1.66. The van der Waals surface area contributed by atoms with Crippen molar-refractivity contribution in [2.45, 2.75) is 13.3 Å². The van der Waals surface area contributed by atoms with Crippen LogP contribution < -0.4 is 0 Å². The molecule has 76 valence electrons. The van der Waals surface area contributed by atoms with Crippen LogP contribution in [-0.4, -0.2) is 9.91 Å². The van der Waals surface area contributed by atoms with Crippen LogP contribution >= 0.6 is 0 Å². The molecule has 7 heteroatoms. The predicted molar refractivity (Wildman–Crippen MR) is 40.5 cm³/mol. The Balaban J connectivity index is 3.33. The van der Waals surface area contributed by atoms with Crippen LogP contribution in [0, 0.1) is 22.9 Å². The van der Waals surface area contributed by atoms with Crippen molar-refractivity contribution in [2.75, 3.05) is 0 Å². The lowest BCUT2D eigenvalue weighted by Gasteiger charge is -2.02. The lowest BCUT2D eigenvalue weighted by molar-refractivity contribution is -0.392. The van der Waals surface area contributed by atoms with Crippen molar-refractivity contribution in [1.29, 1.82) is 0 Å². The smallest absolute Gasteiger partial charge is 0.358 e. The molecule has 0 aromatic carbocycles. The number of aromatic nitrogens is 1. The molecule has 0 atom stereocenters. The highest BCUT2D eigenvalue weighted by Gasteiger charge is 2.24. The van der Waals surface area contributed by atoms with Gasteiger partial charge >= 0.3 is 5.82 Å². The molecule has 0 bridgehead atoms. The fraction of sp³-hybridized carbons (Fsp3) is 0.286. The average molecular weight is 206 g/mol. The highest BCUT2D eigenvalue weighted by Crippen LogP contribution is 2.27. The first-order valence-corrected chi connectivity index (χ1v) is 3.52. The first kappa shape index (κ1) is 10.4. The SMILES string of the molecule is Cc1c(C(F)F)cnc([N+](=O)[O-])c1F. The molecule has 1 aromatic rings.